The summed E-state index contributed by atoms with van der Waals surface area (Å²) < 4.78 is 52.2. The number of rotatable bonds is 8. The minimum absolute atomic E-state index is 0.0354. The summed E-state index contributed by atoms with van der Waals surface area (Å²) in [5.74, 6) is 0.173. The van der Waals surface area contributed by atoms with Crippen LogP contribution >= 0.6 is 0 Å². The zero-order valence-corrected chi connectivity index (χ0v) is 25.3. The molecule has 4 aromatic rings. The molecule has 2 aromatic carbocycles. The maximum Gasteiger partial charge on any atom is 0.416 e. The number of carbonyl (C=O) groups excluding carboxylic acids is 1. The topological polar surface area (TPSA) is 105 Å². The van der Waals surface area contributed by atoms with Gasteiger partial charge in [0, 0.05) is 36.0 Å². The monoisotopic (exact) mass is 632 g/mol. The van der Waals surface area contributed by atoms with Gasteiger partial charge in [0.15, 0.2) is 0 Å². The Kier molecular flexibility index (Phi) is 8.05. The van der Waals surface area contributed by atoms with Crippen LogP contribution in [-0.4, -0.2) is 58.3 Å². The molecule has 1 N–H and O–H groups in total. The van der Waals surface area contributed by atoms with Gasteiger partial charge in [-0.1, -0.05) is 23.8 Å². The second-order valence-corrected chi connectivity index (χ2v) is 11.5. The number of pyridine rings is 2. The van der Waals surface area contributed by atoms with Gasteiger partial charge in [0.1, 0.15) is 23.4 Å². The molecule has 2 aromatic heterocycles. The van der Waals surface area contributed by atoms with E-state index in [1.807, 2.05) is 24.3 Å². The molecule has 2 atom stereocenters. The Morgan fingerprint density at radius 3 is 2.43 bits per heavy atom. The second kappa shape index (κ2) is 12.0. The van der Waals surface area contributed by atoms with E-state index in [2.05, 4.69) is 9.88 Å². The Morgan fingerprint density at radius 1 is 1.04 bits per heavy atom. The minimum atomic E-state index is -4.54. The van der Waals surface area contributed by atoms with E-state index in [0.717, 1.165) is 43.0 Å². The van der Waals surface area contributed by atoms with Crippen LogP contribution in [0.25, 0.3) is 22.3 Å². The van der Waals surface area contributed by atoms with E-state index in [-0.39, 0.29) is 17.8 Å². The summed E-state index contributed by atoms with van der Waals surface area (Å²) in [5, 5.41) is 9.24. The number of ether oxygens (including phenoxy) is 2. The van der Waals surface area contributed by atoms with Crippen molar-refractivity contribution in [1.29, 1.82) is 0 Å². The van der Waals surface area contributed by atoms with Crippen LogP contribution in [0.3, 0.4) is 0 Å². The van der Waals surface area contributed by atoms with Crippen LogP contribution in [0.5, 0.6) is 5.75 Å². The third-order valence-corrected chi connectivity index (χ3v) is 8.41. The third-order valence-electron chi connectivity index (χ3n) is 8.41. The molecule has 46 heavy (non-hydrogen) atoms. The molecular formula is C34H31F3N4O5. The number of halogens is 3. The summed E-state index contributed by atoms with van der Waals surface area (Å²) >= 11 is 0. The van der Waals surface area contributed by atoms with Gasteiger partial charge in [0.25, 0.3) is 0 Å². The lowest BCUT2D eigenvalue weighted by atomic mass is 9.96. The van der Waals surface area contributed by atoms with Crippen LogP contribution in [0.4, 0.5) is 23.8 Å². The number of aromatic nitrogens is 2. The summed E-state index contributed by atoms with van der Waals surface area (Å²) in [6.07, 6.45) is -3.57. The summed E-state index contributed by atoms with van der Waals surface area (Å²) in [5.41, 5.74) is 3.20. The Hall–Kier alpha value is -5.13. The number of amides is 1. The first kappa shape index (κ1) is 30.9. The van der Waals surface area contributed by atoms with E-state index in [1.54, 1.807) is 39.2 Å². The van der Waals surface area contributed by atoms with Gasteiger partial charge in [0.05, 0.1) is 31.0 Å². The Labute approximate surface area is 263 Å². The number of cyclic esters (lactones) is 1. The number of carboxylic acids is 1. The van der Waals surface area contributed by atoms with Crippen LogP contribution in [-0.2, 0) is 17.5 Å². The van der Waals surface area contributed by atoms with Gasteiger partial charge in [0.2, 0.25) is 0 Å². The standard InChI is InChI=1S/C34H31F3N4O5/c1-19-13-23(15-24(14-19)34(35,36)37)31-20(2)41(33(44)46-31)18-28-25(7-10-30(39-28)40-11-4-12-40)26-16-21(6-9-29(26)45-3)22-5-8-27(32(42)43)38-17-22/h5-10,13-17,20,31H,4,11-12,18H2,1-3H3,(H,42,43)/t20-,31-/m0/s1. The van der Waals surface area contributed by atoms with Crippen LogP contribution in [0.15, 0.2) is 66.9 Å². The Bertz CT molecular complexity index is 1810. The quantitative estimate of drug-likeness (QED) is 0.219. The molecule has 4 heterocycles. The average molecular weight is 633 g/mol. The average Bonchev–Trinajstić information content (AvgIpc) is 3.28. The fraction of sp³-hybridized carbons (Fsp3) is 0.294. The van der Waals surface area contributed by atoms with Gasteiger partial charge in [-0.3, -0.25) is 4.90 Å². The number of carbonyl (C=O) groups is 2. The molecule has 2 saturated heterocycles. The van der Waals surface area contributed by atoms with Gasteiger partial charge >= 0.3 is 18.2 Å². The molecule has 0 unspecified atom stereocenters. The summed E-state index contributed by atoms with van der Waals surface area (Å²) in [6, 6.07) is 15.6. The SMILES string of the molecule is COc1ccc(-c2ccc(C(=O)O)nc2)cc1-c1ccc(N2CCC2)nc1CN1C(=O)O[C@H](c2cc(C)cc(C(F)(F)F)c2)[C@@H]1C. The van der Waals surface area contributed by atoms with Crippen molar-refractivity contribution >= 4 is 17.9 Å². The Morgan fingerprint density at radius 2 is 1.80 bits per heavy atom. The lowest BCUT2D eigenvalue weighted by Crippen LogP contribution is -2.38. The lowest BCUT2D eigenvalue weighted by Gasteiger charge is -2.33. The molecule has 2 aliphatic rings. The predicted molar refractivity (Wildman–Crippen MR) is 164 cm³/mol. The molecule has 238 valence electrons. The Balaban J connectivity index is 1.38. The number of hydrogen-bond acceptors (Lipinski definition) is 7. The zero-order valence-electron chi connectivity index (χ0n) is 25.3. The van der Waals surface area contributed by atoms with Crippen molar-refractivity contribution in [3.8, 4) is 28.0 Å². The van der Waals surface area contributed by atoms with Crippen molar-refractivity contribution in [3.63, 3.8) is 0 Å². The number of benzene rings is 2. The highest BCUT2D eigenvalue weighted by atomic mass is 19.4. The summed E-state index contributed by atoms with van der Waals surface area (Å²) in [4.78, 5) is 37.2. The number of anilines is 1. The molecule has 0 bridgehead atoms. The molecule has 0 radical (unpaired) electrons. The van der Waals surface area contributed by atoms with Crippen LogP contribution in [0.2, 0.25) is 0 Å². The van der Waals surface area contributed by atoms with Crippen LogP contribution in [0.1, 0.15) is 52.3 Å². The number of aromatic carboxylic acids is 1. The van der Waals surface area contributed by atoms with Crippen LogP contribution < -0.4 is 9.64 Å². The van der Waals surface area contributed by atoms with E-state index in [9.17, 15) is 27.9 Å². The largest absolute Gasteiger partial charge is 0.496 e. The molecule has 0 spiro atoms. The van der Waals surface area contributed by atoms with E-state index < -0.39 is 35.9 Å². The first-order chi connectivity index (χ1) is 21.9. The highest BCUT2D eigenvalue weighted by Gasteiger charge is 2.41. The van der Waals surface area contributed by atoms with Crippen molar-refractivity contribution in [2.24, 2.45) is 0 Å². The van der Waals surface area contributed by atoms with Gasteiger partial charge in [-0.2, -0.15) is 13.2 Å². The second-order valence-electron chi connectivity index (χ2n) is 11.5. The van der Waals surface area contributed by atoms with E-state index in [0.29, 0.717) is 33.7 Å². The molecular weight excluding hydrogens is 601 g/mol. The maximum atomic E-state index is 13.6. The fourth-order valence-electron chi connectivity index (χ4n) is 5.83. The van der Waals surface area contributed by atoms with E-state index in [4.69, 9.17) is 14.5 Å². The lowest BCUT2D eigenvalue weighted by molar-refractivity contribution is -0.137. The number of carboxylic acid groups (broad SMARTS) is 1. The molecule has 1 amide bonds. The number of hydrogen-bond donors (Lipinski definition) is 1. The smallest absolute Gasteiger partial charge is 0.416 e. The zero-order chi connectivity index (χ0) is 32.7. The maximum absolute atomic E-state index is 13.6. The molecule has 2 aliphatic heterocycles. The van der Waals surface area contributed by atoms with Gasteiger partial charge in [-0.05, 0) is 73.9 Å². The number of alkyl halides is 3. The van der Waals surface area contributed by atoms with Crippen molar-refractivity contribution in [1.82, 2.24) is 14.9 Å². The normalized spacial score (nSPS) is 17.9. The fourth-order valence-corrected chi connectivity index (χ4v) is 5.83. The highest BCUT2D eigenvalue weighted by Crippen LogP contribution is 2.41. The van der Waals surface area contributed by atoms with Gasteiger partial charge < -0.3 is 19.5 Å². The molecule has 2 fully saturated rings. The molecule has 0 saturated carbocycles. The number of methoxy groups -OCH3 is 1. The molecule has 0 aliphatic carbocycles. The minimum Gasteiger partial charge on any atom is -0.496 e. The van der Waals surface area contributed by atoms with Crippen molar-refractivity contribution in [2.45, 2.75) is 45.1 Å². The van der Waals surface area contributed by atoms with Crippen molar-refractivity contribution in [3.05, 3.63) is 94.9 Å². The first-order valence-corrected chi connectivity index (χ1v) is 14.7. The van der Waals surface area contributed by atoms with E-state index in [1.165, 1.54) is 17.2 Å². The van der Waals surface area contributed by atoms with Crippen LogP contribution in [0, 0.1) is 6.92 Å². The summed E-state index contributed by atoms with van der Waals surface area (Å²) in [7, 11) is 1.55. The third kappa shape index (κ3) is 5.94. The number of aryl methyl sites for hydroxylation is 1. The number of nitrogens with zero attached hydrogens (tertiary/aromatic N) is 4. The molecule has 9 nitrogen and oxygen atoms in total. The van der Waals surface area contributed by atoms with Crippen molar-refractivity contribution < 1.29 is 37.3 Å². The first-order valence-electron chi connectivity index (χ1n) is 14.7. The van der Waals surface area contributed by atoms with Gasteiger partial charge in [-0.15, -0.1) is 0 Å². The van der Waals surface area contributed by atoms with E-state index >= 15 is 0 Å². The van der Waals surface area contributed by atoms with Gasteiger partial charge in [-0.25, -0.2) is 19.6 Å². The van der Waals surface area contributed by atoms with Crippen molar-refractivity contribution in [2.75, 3.05) is 25.1 Å². The predicted octanol–water partition coefficient (Wildman–Crippen LogP) is 7.14. The molecule has 12 heteroatoms. The molecule has 6 rings (SSSR count). The summed E-state index contributed by atoms with van der Waals surface area (Å²) in [6.45, 7) is 5.06. The highest BCUT2D eigenvalue weighted by molar-refractivity contribution is 5.86.